The fourth-order valence-electron chi connectivity index (χ4n) is 2.56. The Morgan fingerprint density at radius 1 is 1.27 bits per heavy atom. The summed E-state index contributed by atoms with van der Waals surface area (Å²) in [5.41, 5.74) is 0.817. The van der Waals surface area contributed by atoms with E-state index in [0.717, 1.165) is 31.2 Å². The van der Waals surface area contributed by atoms with E-state index in [4.69, 9.17) is 27.6 Å². The average Bonchev–Trinajstić information content (AvgIpc) is 3.13. The molecule has 1 heterocycles. The number of hydrogen-bond acceptors (Lipinski definition) is 4. The number of halogens is 2. The van der Waals surface area contributed by atoms with Crippen molar-refractivity contribution in [2.24, 2.45) is 0 Å². The maximum absolute atomic E-state index is 12.0. The lowest BCUT2D eigenvalue weighted by Gasteiger charge is -2.08. The summed E-state index contributed by atoms with van der Waals surface area (Å²) in [5, 5.41) is 11.7. The van der Waals surface area contributed by atoms with Gasteiger partial charge in [-0.1, -0.05) is 42.1 Å². The van der Waals surface area contributed by atoms with Crippen LogP contribution in [0, 0.1) is 0 Å². The molecule has 22 heavy (non-hydrogen) atoms. The largest absolute Gasteiger partial charge is 0.417 e. The maximum Gasteiger partial charge on any atom is 0.309 e. The van der Waals surface area contributed by atoms with E-state index in [1.54, 1.807) is 18.2 Å². The monoisotopic (exact) mass is 339 g/mol. The van der Waals surface area contributed by atoms with Crippen molar-refractivity contribution in [3.63, 3.8) is 0 Å². The molecule has 1 aliphatic carbocycles. The zero-order valence-corrected chi connectivity index (χ0v) is 13.3. The fourth-order valence-corrected chi connectivity index (χ4v) is 3.04. The molecule has 0 aliphatic heterocycles. The fraction of sp³-hybridized carbons (Fsp3) is 0.400. The lowest BCUT2D eigenvalue weighted by molar-refractivity contribution is 0.0901. The van der Waals surface area contributed by atoms with Crippen molar-refractivity contribution in [2.75, 3.05) is 0 Å². The van der Waals surface area contributed by atoms with Gasteiger partial charge in [0.25, 0.3) is 0 Å². The van der Waals surface area contributed by atoms with Gasteiger partial charge in [-0.3, -0.25) is 4.79 Å². The molecule has 1 aromatic heterocycles. The van der Waals surface area contributed by atoms with E-state index < -0.39 is 0 Å². The molecule has 1 aliphatic rings. The normalized spacial score (nSPS) is 15.2. The van der Waals surface area contributed by atoms with Gasteiger partial charge in [-0.25, -0.2) is 0 Å². The van der Waals surface area contributed by atoms with Gasteiger partial charge in [-0.15, -0.1) is 10.2 Å². The van der Waals surface area contributed by atoms with Crippen molar-refractivity contribution < 1.29 is 9.21 Å². The van der Waals surface area contributed by atoms with Crippen LogP contribution in [0.25, 0.3) is 0 Å². The second-order valence-electron chi connectivity index (χ2n) is 5.37. The van der Waals surface area contributed by atoms with Crippen LogP contribution in [-0.2, 0) is 6.42 Å². The summed E-state index contributed by atoms with van der Waals surface area (Å²) in [7, 11) is 0. The quantitative estimate of drug-likeness (QED) is 0.923. The van der Waals surface area contributed by atoms with Crippen LogP contribution in [0.5, 0.6) is 0 Å². The number of carbonyl (C=O) groups is 1. The highest BCUT2D eigenvalue weighted by Gasteiger charge is 2.21. The van der Waals surface area contributed by atoms with Crippen molar-refractivity contribution in [3.05, 3.63) is 45.6 Å². The molecule has 1 fully saturated rings. The van der Waals surface area contributed by atoms with Crippen molar-refractivity contribution >= 4 is 29.1 Å². The first-order valence-electron chi connectivity index (χ1n) is 7.19. The topological polar surface area (TPSA) is 68.0 Å². The van der Waals surface area contributed by atoms with Crippen molar-refractivity contribution in [1.82, 2.24) is 15.5 Å². The highest BCUT2D eigenvalue weighted by molar-refractivity contribution is 6.35. The molecular formula is C15H15Cl2N3O2. The first-order chi connectivity index (χ1) is 10.6. The second-order valence-corrected chi connectivity index (χ2v) is 6.21. The maximum atomic E-state index is 12.0. The van der Waals surface area contributed by atoms with Crippen LogP contribution in [0.2, 0.25) is 10.0 Å². The summed E-state index contributed by atoms with van der Waals surface area (Å²) in [5.74, 6) is 0.0284. The van der Waals surface area contributed by atoms with Gasteiger partial charge in [0.15, 0.2) is 0 Å². The molecule has 1 saturated carbocycles. The lowest BCUT2D eigenvalue weighted by atomic mass is 10.1. The first kappa shape index (κ1) is 15.3. The second kappa shape index (κ2) is 6.67. The average molecular weight is 340 g/mol. The van der Waals surface area contributed by atoms with Gasteiger partial charge in [0.2, 0.25) is 5.89 Å². The molecule has 0 saturated heterocycles. The van der Waals surface area contributed by atoms with Crippen molar-refractivity contribution in [3.8, 4) is 0 Å². The standard InChI is InChI=1S/C15H15Cl2N3O2/c16-10-6-5-9(12(17)8-10)7-13-19-20-15(22-13)14(21)18-11-3-1-2-4-11/h5-6,8,11H,1-4,7H2,(H,18,21). The Morgan fingerprint density at radius 3 is 2.77 bits per heavy atom. The van der Waals surface area contributed by atoms with Gasteiger partial charge < -0.3 is 9.73 Å². The molecular weight excluding hydrogens is 325 g/mol. The highest BCUT2D eigenvalue weighted by Crippen LogP contribution is 2.23. The molecule has 1 N–H and O–H groups in total. The molecule has 1 amide bonds. The first-order valence-corrected chi connectivity index (χ1v) is 7.94. The molecule has 0 unspecified atom stereocenters. The molecule has 1 aromatic carbocycles. The SMILES string of the molecule is O=C(NC1CCCC1)c1nnc(Cc2ccc(Cl)cc2Cl)o1. The molecule has 2 aromatic rings. The van der Waals surface area contributed by atoms with Crippen LogP contribution in [0.4, 0.5) is 0 Å². The summed E-state index contributed by atoms with van der Waals surface area (Å²) in [6.45, 7) is 0. The highest BCUT2D eigenvalue weighted by atomic mass is 35.5. The van der Waals surface area contributed by atoms with Gasteiger partial charge in [-0.2, -0.15) is 0 Å². The summed E-state index contributed by atoms with van der Waals surface area (Å²) < 4.78 is 5.42. The minimum Gasteiger partial charge on any atom is -0.417 e. The summed E-state index contributed by atoms with van der Waals surface area (Å²) >= 11 is 12.0. The van der Waals surface area contributed by atoms with Crippen LogP contribution in [-0.4, -0.2) is 22.1 Å². The Labute approximate surface area is 138 Å². The Balaban J connectivity index is 1.66. The smallest absolute Gasteiger partial charge is 0.309 e. The third-order valence-electron chi connectivity index (χ3n) is 3.71. The predicted molar refractivity (Wildman–Crippen MR) is 83.3 cm³/mol. The Morgan fingerprint density at radius 2 is 2.05 bits per heavy atom. The van der Waals surface area contributed by atoms with Crippen LogP contribution >= 0.6 is 23.2 Å². The Hall–Kier alpha value is -1.59. The van der Waals surface area contributed by atoms with Crippen molar-refractivity contribution in [1.29, 1.82) is 0 Å². The number of carbonyl (C=O) groups excluding carboxylic acids is 1. The number of benzene rings is 1. The van der Waals surface area contributed by atoms with Gasteiger partial charge >= 0.3 is 11.8 Å². The summed E-state index contributed by atoms with van der Waals surface area (Å²) in [6, 6.07) is 5.41. The van der Waals surface area contributed by atoms with E-state index in [-0.39, 0.29) is 17.8 Å². The van der Waals surface area contributed by atoms with E-state index in [9.17, 15) is 4.79 Å². The Bertz CT molecular complexity index is 681. The van der Waals surface area contributed by atoms with Gasteiger partial charge in [0.1, 0.15) is 0 Å². The molecule has 0 radical (unpaired) electrons. The van der Waals surface area contributed by atoms with E-state index in [0.29, 0.717) is 22.4 Å². The zero-order valence-electron chi connectivity index (χ0n) is 11.8. The molecule has 7 heteroatoms. The molecule has 116 valence electrons. The van der Waals surface area contributed by atoms with E-state index in [2.05, 4.69) is 15.5 Å². The number of nitrogens with one attached hydrogen (secondary N) is 1. The minimum absolute atomic E-state index is 0.00742. The number of amides is 1. The van der Waals surface area contributed by atoms with E-state index in [1.165, 1.54) is 0 Å². The summed E-state index contributed by atoms with van der Waals surface area (Å²) in [4.78, 5) is 12.0. The third kappa shape index (κ3) is 3.59. The van der Waals surface area contributed by atoms with E-state index in [1.807, 2.05) is 0 Å². The van der Waals surface area contributed by atoms with E-state index >= 15 is 0 Å². The third-order valence-corrected chi connectivity index (χ3v) is 4.30. The van der Waals surface area contributed by atoms with Crippen molar-refractivity contribution in [2.45, 2.75) is 38.1 Å². The molecule has 3 rings (SSSR count). The minimum atomic E-state index is -0.312. The number of rotatable bonds is 4. The number of nitrogens with zero attached hydrogens (tertiary/aromatic N) is 2. The van der Waals surface area contributed by atoms with Gasteiger partial charge in [0, 0.05) is 16.1 Å². The Kier molecular flexibility index (Phi) is 4.64. The molecule has 0 spiro atoms. The molecule has 0 atom stereocenters. The molecule has 5 nitrogen and oxygen atoms in total. The van der Waals surface area contributed by atoms with Crippen LogP contribution in [0.15, 0.2) is 22.6 Å². The lowest BCUT2D eigenvalue weighted by Crippen LogP contribution is -2.32. The summed E-state index contributed by atoms with van der Waals surface area (Å²) in [6.07, 6.45) is 4.67. The zero-order chi connectivity index (χ0) is 15.5. The number of aromatic nitrogens is 2. The van der Waals surface area contributed by atoms with Crippen LogP contribution in [0.3, 0.4) is 0 Å². The van der Waals surface area contributed by atoms with Crippen LogP contribution in [0.1, 0.15) is 47.8 Å². The van der Waals surface area contributed by atoms with Gasteiger partial charge in [0.05, 0.1) is 6.42 Å². The molecule has 0 bridgehead atoms. The van der Waals surface area contributed by atoms with Crippen LogP contribution < -0.4 is 5.32 Å². The predicted octanol–water partition coefficient (Wildman–Crippen LogP) is 3.64. The van der Waals surface area contributed by atoms with Gasteiger partial charge in [-0.05, 0) is 30.5 Å². The number of hydrogen-bond donors (Lipinski definition) is 1.